The lowest BCUT2D eigenvalue weighted by molar-refractivity contribution is -0.149. The molecule has 0 saturated heterocycles. The van der Waals surface area contributed by atoms with E-state index < -0.39 is 138 Å². The third-order valence-electron chi connectivity index (χ3n) is 18.6. The number of ether oxygens (including phenoxy) is 3. The van der Waals surface area contributed by atoms with E-state index >= 15 is 0 Å². The Labute approximate surface area is 636 Å². The Morgan fingerprint density at radius 1 is 0.407 bits per heavy atom. The largest absolute Gasteiger partial charge is 0.467 e. The van der Waals surface area contributed by atoms with Crippen molar-refractivity contribution in [3.05, 3.63) is 144 Å². The van der Waals surface area contributed by atoms with Gasteiger partial charge in [-0.15, -0.1) is 0 Å². The summed E-state index contributed by atoms with van der Waals surface area (Å²) < 4.78 is 15.8. The van der Waals surface area contributed by atoms with Gasteiger partial charge in [-0.1, -0.05) is 242 Å². The Morgan fingerprint density at radius 2 is 0.750 bits per heavy atom. The summed E-state index contributed by atoms with van der Waals surface area (Å²) in [5, 5.41) is 26.8. The van der Waals surface area contributed by atoms with Crippen molar-refractivity contribution >= 4 is 77.0 Å². The molecule has 2 aliphatic carbocycles. The van der Waals surface area contributed by atoms with Gasteiger partial charge in [-0.05, 0) is 109 Å². The first kappa shape index (κ1) is 88.6. The monoisotopic (exact) mass is 1500 g/mol. The smallest absolute Gasteiger partial charge is 0.407 e. The molecule has 26 nitrogen and oxygen atoms in total. The molecule has 108 heavy (non-hydrogen) atoms. The topological polar surface area (TPSA) is 370 Å². The first-order valence-corrected chi connectivity index (χ1v) is 38.2. The number of esters is 1. The van der Waals surface area contributed by atoms with E-state index in [4.69, 9.17) is 14.2 Å². The average molecular weight is 1500 g/mol. The van der Waals surface area contributed by atoms with Gasteiger partial charge in [0.05, 0.1) is 51.5 Å². The average Bonchev–Trinajstić information content (AvgIpc) is 0.763. The molecule has 0 aromatic heterocycles. The number of carbonyl (C=O) groups excluding carboxylic acids is 13. The summed E-state index contributed by atoms with van der Waals surface area (Å²) >= 11 is 0. The van der Waals surface area contributed by atoms with Gasteiger partial charge in [0.15, 0.2) is 5.54 Å². The molecule has 0 heterocycles. The highest BCUT2D eigenvalue weighted by atomic mass is 16.6. The number of hydrogen-bond donors (Lipinski definition) is 10. The molecule has 10 N–H and O–H groups in total. The van der Waals surface area contributed by atoms with Crippen molar-refractivity contribution in [2.75, 3.05) is 33.4 Å². The molecule has 2 aliphatic rings. The van der Waals surface area contributed by atoms with Crippen LogP contribution < -0.4 is 53.2 Å². The second-order valence-corrected chi connectivity index (χ2v) is 29.5. The number of nitrogens with one attached hydrogen (secondary N) is 10. The summed E-state index contributed by atoms with van der Waals surface area (Å²) in [6.07, 6.45) is 8.98. The van der Waals surface area contributed by atoms with Crippen molar-refractivity contribution in [1.82, 2.24) is 53.2 Å². The zero-order valence-corrected chi connectivity index (χ0v) is 64.7. The highest BCUT2D eigenvalue weighted by Gasteiger charge is 2.46. The lowest BCUT2D eigenvalue weighted by Gasteiger charge is -2.33. The van der Waals surface area contributed by atoms with Crippen molar-refractivity contribution < 1.29 is 76.5 Å². The van der Waals surface area contributed by atoms with Crippen LogP contribution in [0.4, 0.5) is 9.59 Å². The maximum Gasteiger partial charge on any atom is 0.407 e. The van der Waals surface area contributed by atoms with Crippen molar-refractivity contribution in [2.45, 2.75) is 220 Å². The number of benzene rings is 4. The minimum Gasteiger partial charge on any atom is -0.467 e. The van der Waals surface area contributed by atoms with Crippen LogP contribution in [0.25, 0.3) is 0 Å². The van der Waals surface area contributed by atoms with E-state index in [-0.39, 0.29) is 74.4 Å². The van der Waals surface area contributed by atoms with Gasteiger partial charge >= 0.3 is 18.2 Å². The Kier molecular flexibility index (Phi) is 38.0. The molecule has 0 radical (unpaired) electrons. The van der Waals surface area contributed by atoms with E-state index in [2.05, 4.69) is 53.2 Å². The molecule has 0 aliphatic heterocycles. The molecule has 26 heteroatoms. The van der Waals surface area contributed by atoms with Crippen molar-refractivity contribution in [1.29, 1.82) is 0 Å². The van der Waals surface area contributed by atoms with Crippen LogP contribution in [0.3, 0.4) is 0 Å². The van der Waals surface area contributed by atoms with E-state index in [1.54, 1.807) is 67.6 Å². The molecule has 2 saturated carbocycles. The molecular weight excluding hydrogens is 1380 g/mol. The summed E-state index contributed by atoms with van der Waals surface area (Å²) in [5.41, 5.74) is 0.761. The third kappa shape index (κ3) is 28.9. The van der Waals surface area contributed by atoms with Crippen LogP contribution in [-0.4, -0.2) is 147 Å². The van der Waals surface area contributed by atoms with Crippen LogP contribution in [0.15, 0.2) is 121 Å². The summed E-state index contributed by atoms with van der Waals surface area (Å²) in [7, 11) is 1.20. The van der Waals surface area contributed by atoms with Gasteiger partial charge in [0.2, 0.25) is 47.0 Å². The minimum atomic E-state index is -1.77. The first-order valence-electron chi connectivity index (χ1n) is 38.2. The predicted octanol–water partition coefficient (Wildman–Crippen LogP) is 8.78. The van der Waals surface area contributed by atoms with Crippen LogP contribution >= 0.6 is 0 Å². The number of Topliss-reactive ketones (excluding diaryl/α,β-unsaturated/α-hetero) is 2. The molecule has 6 atom stereocenters. The van der Waals surface area contributed by atoms with Gasteiger partial charge in [-0.25, -0.2) is 14.4 Å². The van der Waals surface area contributed by atoms with Gasteiger partial charge in [0.25, 0.3) is 11.8 Å². The number of hydrogen-bond acceptors (Lipinski definition) is 16. The second-order valence-electron chi connectivity index (χ2n) is 29.5. The quantitative estimate of drug-likeness (QED) is 0.0113. The van der Waals surface area contributed by atoms with Crippen LogP contribution in [0.5, 0.6) is 0 Å². The van der Waals surface area contributed by atoms with Crippen LogP contribution in [0.1, 0.15) is 200 Å². The molecule has 4 aromatic rings. The van der Waals surface area contributed by atoms with Crippen molar-refractivity contribution in [2.24, 2.45) is 35.5 Å². The summed E-state index contributed by atoms with van der Waals surface area (Å²) in [6.45, 7) is 18.1. The maximum absolute atomic E-state index is 13.8. The summed E-state index contributed by atoms with van der Waals surface area (Å²) in [5.74, 6) is -8.45. The molecule has 590 valence electrons. The Balaban J connectivity index is 0.000000388. The number of carbonyl (C=O) groups is 13. The standard InChI is InChI=1S/C42H59N5O9.C40H57N5O7/c1-7-17-32(44-37(50)33(24-27(2)3)45-38(51)35(29-18-11-8-12-19-29)46-41(54)56-26-28(4)5)36(49)39(52)43-25-34(48)47-42(40(53)55-6,30-20-13-9-14-21-30)31-22-15-10-16-23-31;1-6-16-31(36(47)39(50)41-24-33(46)44-34(28-17-10-7-11-18-28)29-19-12-8-13-20-29)42-37(48)32(23-26(2)3)43-38(49)35(30-21-14-9-15-22-30)45-40(51)52-25-27(4)5/h9-10,13-16,20-23,27-29,32-33,35H,7-8,11-12,17-19,24-26H2,1-6H3,(H,43,52)(H,44,50)(H,45,51)(H,46,54)(H,47,48);7-8,10-13,17-20,26-27,30-32,34-35H,6,9,14-16,21-25H2,1-5H3,(H,41,50)(H,42,48)(H,43,49)(H,44,46)(H,45,51)/t32?,33-,35-;31?,32-,35-/m00/s1. The molecule has 0 spiro atoms. The van der Waals surface area contributed by atoms with E-state index in [9.17, 15) is 62.3 Å². The van der Waals surface area contributed by atoms with E-state index in [1.807, 2.05) is 123 Å². The first-order chi connectivity index (χ1) is 51.6. The van der Waals surface area contributed by atoms with E-state index in [0.29, 0.717) is 24.0 Å². The zero-order valence-electron chi connectivity index (χ0n) is 64.7. The summed E-state index contributed by atoms with van der Waals surface area (Å²) in [6, 6.07) is 28.9. The second kappa shape index (κ2) is 46.3. The minimum absolute atomic E-state index is 0.00844. The molecule has 10 amide bonds. The highest BCUT2D eigenvalue weighted by molar-refractivity contribution is 6.39. The van der Waals surface area contributed by atoms with E-state index in [1.165, 1.54) is 7.11 Å². The number of ketones is 2. The molecule has 2 unspecified atom stereocenters. The van der Waals surface area contributed by atoms with Crippen LogP contribution in [0.2, 0.25) is 0 Å². The lowest BCUT2D eigenvalue weighted by atomic mass is 9.82. The Bertz CT molecular complexity index is 3470. The lowest BCUT2D eigenvalue weighted by Crippen LogP contribution is -2.59. The molecule has 0 bridgehead atoms. The highest BCUT2D eigenvalue weighted by Crippen LogP contribution is 2.33. The van der Waals surface area contributed by atoms with Crippen molar-refractivity contribution in [3.8, 4) is 0 Å². The van der Waals surface area contributed by atoms with E-state index in [0.717, 1.165) is 75.3 Å². The maximum atomic E-state index is 13.8. The third-order valence-corrected chi connectivity index (χ3v) is 18.6. The SMILES string of the molecule is CCCC(NC(=O)[C@H](CC(C)C)NC(=O)[C@@H](NC(=O)OCC(C)C)C1CCCCC1)C(=O)C(=O)NCC(=O)NC(C(=O)OC)(c1ccccc1)c1ccccc1.CCCC(NC(=O)[C@H](CC(C)C)NC(=O)[C@@H](NC(=O)OCC(C)C)C1CCCCC1)C(=O)C(=O)NCC(=O)NC(c1ccccc1)c1ccccc1. The molecule has 6 rings (SSSR count). The zero-order chi connectivity index (χ0) is 79.3. The normalized spacial score (nSPS) is 14.9. The fourth-order valence-corrected chi connectivity index (χ4v) is 13.2. The number of methoxy groups -OCH3 is 1. The number of alkyl carbamates (subject to hydrolysis) is 2. The van der Waals surface area contributed by atoms with Crippen LogP contribution in [-0.2, 0) is 72.5 Å². The van der Waals surface area contributed by atoms with Gasteiger partial charge < -0.3 is 67.4 Å². The van der Waals surface area contributed by atoms with Gasteiger partial charge in [-0.3, -0.25) is 47.9 Å². The Hall–Kier alpha value is -10.0. The van der Waals surface area contributed by atoms with Gasteiger partial charge in [0.1, 0.15) is 24.2 Å². The number of rotatable bonds is 39. The summed E-state index contributed by atoms with van der Waals surface area (Å²) in [4.78, 5) is 173. The fourth-order valence-electron chi connectivity index (χ4n) is 13.2. The van der Waals surface area contributed by atoms with Crippen molar-refractivity contribution in [3.63, 3.8) is 0 Å². The molecule has 2 fully saturated rings. The van der Waals surface area contributed by atoms with Gasteiger partial charge in [0, 0.05) is 0 Å². The Morgan fingerprint density at radius 3 is 1.08 bits per heavy atom. The molecule has 4 aromatic carbocycles. The fraction of sp³-hybridized carbons (Fsp3) is 0.549. The number of amides is 10. The molecular formula is C82H116N10O16. The predicted molar refractivity (Wildman–Crippen MR) is 409 cm³/mol. The van der Waals surface area contributed by atoms with Gasteiger partial charge in [-0.2, -0.15) is 0 Å². The van der Waals surface area contributed by atoms with Crippen LogP contribution in [0, 0.1) is 35.5 Å².